The number of benzene rings is 1. The monoisotopic (exact) mass is 717 g/mol. The lowest BCUT2D eigenvalue weighted by Gasteiger charge is -2.46. The summed E-state index contributed by atoms with van der Waals surface area (Å²) in [6.45, 7) is 5.21. The summed E-state index contributed by atoms with van der Waals surface area (Å²) in [5.41, 5.74) is 8.25. The first-order chi connectivity index (χ1) is 25.0. The van der Waals surface area contributed by atoms with Crippen LogP contribution in [-0.2, 0) is 40.8 Å². The summed E-state index contributed by atoms with van der Waals surface area (Å²) >= 11 is 0. The maximum Gasteiger partial charge on any atom is 0.354 e. The number of hydrazine groups is 1. The molecule has 276 valence electrons. The summed E-state index contributed by atoms with van der Waals surface area (Å²) < 4.78 is 39.2. The van der Waals surface area contributed by atoms with E-state index < -0.39 is 12.4 Å². The van der Waals surface area contributed by atoms with Crippen molar-refractivity contribution in [2.75, 3.05) is 38.1 Å². The number of nitrogens with one attached hydrogen (secondary N) is 1. The molecule has 8 rings (SSSR count). The number of nitrogens with zero attached hydrogens (tertiary/aromatic N) is 8. The van der Waals surface area contributed by atoms with E-state index in [9.17, 15) is 23.5 Å². The molecule has 4 aliphatic heterocycles. The number of carboxylic acids is 1. The first-order valence-corrected chi connectivity index (χ1v) is 18.2. The molecule has 3 aromatic rings. The summed E-state index contributed by atoms with van der Waals surface area (Å²) in [5, 5.41) is 20.3. The first-order valence-electron chi connectivity index (χ1n) is 18.2. The molecule has 0 unspecified atom stereocenters. The van der Waals surface area contributed by atoms with E-state index in [0.29, 0.717) is 49.1 Å². The van der Waals surface area contributed by atoms with E-state index in [1.807, 2.05) is 11.0 Å². The zero-order valence-corrected chi connectivity index (χ0v) is 29.8. The Kier molecular flexibility index (Phi) is 8.92. The minimum atomic E-state index is -2.65. The van der Waals surface area contributed by atoms with Crippen LogP contribution in [0.3, 0.4) is 0 Å². The van der Waals surface area contributed by atoms with Gasteiger partial charge in [-0.3, -0.25) is 29.5 Å². The number of aromatic nitrogens is 4. The van der Waals surface area contributed by atoms with E-state index >= 15 is 0 Å². The van der Waals surface area contributed by atoms with Crippen molar-refractivity contribution in [1.82, 2.24) is 39.8 Å². The minimum Gasteiger partial charge on any atom is -0.477 e. The molecule has 2 aromatic heterocycles. The lowest BCUT2D eigenvalue weighted by Crippen LogP contribution is -2.51. The second-order valence-corrected chi connectivity index (χ2v) is 14.6. The van der Waals surface area contributed by atoms with Crippen molar-refractivity contribution in [3.8, 4) is 11.1 Å². The largest absolute Gasteiger partial charge is 0.477 e. The summed E-state index contributed by atoms with van der Waals surface area (Å²) in [6.07, 6.45) is 10.1. The van der Waals surface area contributed by atoms with Crippen LogP contribution in [0.5, 0.6) is 0 Å². The van der Waals surface area contributed by atoms with Crippen LogP contribution in [0.15, 0.2) is 48.3 Å². The summed E-state index contributed by atoms with van der Waals surface area (Å²) in [4.78, 5) is 30.4. The van der Waals surface area contributed by atoms with Crippen molar-refractivity contribution >= 4 is 23.4 Å². The van der Waals surface area contributed by atoms with Gasteiger partial charge in [0.25, 0.3) is 6.43 Å². The molecule has 1 aromatic carbocycles. The van der Waals surface area contributed by atoms with E-state index in [1.165, 1.54) is 11.1 Å². The highest BCUT2D eigenvalue weighted by Crippen LogP contribution is 2.44. The fourth-order valence-corrected chi connectivity index (χ4v) is 8.49. The SMILES string of the molecule is CC(=O)N1CCc2c(c(N3CCCc4cc(-c5cnn(C)c5)c(C(F)F)cc43)nn2C2CCN(C3CC(OC4=CC=C(C(=O)O)N(C)N4)C3)CC2)C1. The molecule has 15 heteroatoms. The standard InChI is InChI=1S/C37H45F2N9O4/c1-22(49)46-14-10-31-30(21-46)36(47-11-4-5-23-15-28(24-19-40-43(2)20-24)29(35(38)39)18-33(23)47)42-48(31)25-8-12-45(13-9-25)26-16-27(17-26)52-34-7-6-32(37(50)51)44(3)41-34/h6-7,15,18-20,25-27,35,41H,4-5,8-14,16-17,21H2,1-3H3,(H,50,51). The molecule has 6 heterocycles. The van der Waals surface area contributed by atoms with E-state index in [1.54, 1.807) is 50.2 Å². The van der Waals surface area contributed by atoms with E-state index in [4.69, 9.17) is 9.84 Å². The number of amides is 1. The van der Waals surface area contributed by atoms with Crippen molar-refractivity contribution in [3.63, 3.8) is 0 Å². The number of hydrogen-bond acceptors (Lipinski definition) is 9. The number of carbonyl (C=O) groups excluding carboxylic acids is 1. The summed E-state index contributed by atoms with van der Waals surface area (Å²) in [5.74, 6) is 0.343. The number of aliphatic carboxylic acids is 1. The number of fused-ring (bicyclic) bond motifs is 2. The van der Waals surface area contributed by atoms with Gasteiger partial charge in [0, 0.05) is 113 Å². The van der Waals surface area contributed by atoms with Crippen molar-refractivity contribution in [2.24, 2.45) is 7.05 Å². The van der Waals surface area contributed by atoms with E-state index in [2.05, 4.69) is 25.0 Å². The molecule has 1 saturated heterocycles. The molecular weight excluding hydrogens is 672 g/mol. The number of rotatable bonds is 8. The molecule has 0 radical (unpaired) electrons. The summed E-state index contributed by atoms with van der Waals surface area (Å²) in [6, 6.07) is 4.18. The molecular formula is C37H45F2N9O4. The van der Waals surface area contributed by atoms with Crippen molar-refractivity contribution < 1.29 is 28.2 Å². The van der Waals surface area contributed by atoms with Crippen LogP contribution in [0.4, 0.5) is 20.3 Å². The maximum atomic E-state index is 14.6. The Labute approximate surface area is 301 Å². The fourth-order valence-electron chi connectivity index (χ4n) is 8.49. The average Bonchev–Trinajstić information content (AvgIpc) is 3.72. The normalized spacial score (nSPS) is 22.3. The third kappa shape index (κ3) is 6.28. The zero-order valence-electron chi connectivity index (χ0n) is 29.8. The number of carboxylic acid groups (broad SMARTS) is 1. The Morgan fingerprint density at radius 3 is 2.50 bits per heavy atom. The molecule has 1 saturated carbocycles. The third-order valence-electron chi connectivity index (χ3n) is 11.4. The molecule has 52 heavy (non-hydrogen) atoms. The smallest absolute Gasteiger partial charge is 0.354 e. The van der Waals surface area contributed by atoms with Gasteiger partial charge in [-0.2, -0.15) is 10.2 Å². The maximum absolute atomic E-state index is 14.6. The van der Waals surface area contributed by atoms with Gasteiger partial charge in [0.05, 0.1) is 18.8 Å². The first kappa shape index (κ1) is 34.2. The third-order valence-corrected chi connectivity index (χ3v) is 11.4. The molecule has 2 N–H and O–H groups in total. The van der Waals surface area contributed by atoms with Crippen LogP contribution < -0.4 is 10.3 Å². The number of hydrogen-bond donors (Lipinski definition) is 2. The highest BCUT2D eigenvalue weighted by atomic mass is 19.3. The predicted molar refractivity (Wildman–Crippen MR) is 188 cm³/mol. The second kappa shape index (κ2) is 13.6. The van der Waals surface area contributed by atoms with Gasteiger partial charge >= 0.3 is 5.97 Å². The Bertz CT molecular complexity index is 1940. The molecule has 2 fully saturated rings. The van der Waals surface area contributed by atoms with Crippen LogP contribution in [0.2, 0.25) is 0 Å². The van der Waals surface area contributed by atoms with Crippen molar-refractivity contribution in [2.45, 2.75) is 83.0 Å². The Hall–Kier alpha value is -4.92. The van der Waals surface area contributed by atoms with Gasteiger partial charge < -0.3 is 19.6 Å². The molecule has 0 bridgehead atoms. The van der Waals surface area contributed by atoms with Gasteiger partial charge in [-0.15, -0.1) is 0 Å². The number of aryl methyl sites for hydroxylation is 2. The van der Waals surface area contributed by atoms with Gasteiger partial charge in [0.2, 0.25) is 11.8 Å². The predicted octanol–water partition coefficient (Wildman–Crippen LogP) is 4.65. The lowest BCUT2D eigenvalue weighted by atomic mass is 9.86. The number of likely N-dealkylation sites (tertiary alicyclic amines) is 1. The van der Waals surface area contributed by atoms with E-state index in [0.717, 1.165) is 79.9 Å². The van der Waals surface area contributed by atoms with Gasteiger partial charge in [0.15, 0.2) is 5.82 Å². The number of alkyl halides is 2. The number of carbonyl (C=O) groups is 2. The highest BCUT2D eigenvalue weighted by molar-refractivity contribution is 5.86. The Balaban J connectivity index is 1.00. The van der Waals surface area contributed by atoms with Crippen LogP contribution >= 0.6 is 0 Å². The number of ether oxygens (including phenoxy) is 1. The number of halogens is 2. The second-order valence-electron chi connectivity index (χ2n) is 14.6. The van der Waals surface area contributed by atoms with Gasteiger partial charge in [0.1, 0.15) is 11.8 Å². The van der Waals surface area contributed by atoms with Gasteiger partial charge in [-0.25, -0.2) is 13.6 Å². The highest BCUT2D eigenvalue weighted by Gasteiger charge is 2.39. The fraction of sp³-hybridized carbons (Fsp3) is 0.514. The van der Waals surface area contributed by atoms with Crippen molar-refractivity contribution in [1.29, 1.82) is 0 Å². The van der Waals surface area contributed by atoms with E-state index in [-0.39, 0.29) is 29.3 Å². The van der Waals surface area contributed by atoms with Crippen LogP contribution in [0.25, 0.3) is 11.1 Å². The number of allylic oxidation sites excluding steroid dienone is 2. The Morgan fingerprint density at radius 1 is 1.04 bits per heavy atom. The number of piperidine rings is 1. The topological polar surface area (TPSA) is 124 Å². The molecule has 5 aliphatic rings. The number of likely N-dealkylation sites (N-methyl/N-ethyl adjacent to an activating group) is 1. The quantitative estimate of drug-likeness (QED) is 0.340. The Morgan fingerprint density at radius 2 is 1.83 bits per heavy atom. The minimum absolute atomic E-state index is 0.0171. The van der Waals surface area contributed by atoms with Gasteiger partial charge in [-0.05, 0) is 55.0 Å². The molecule has 0 atom stereocenters. The van der Waals surface area contributed by atoms with Crippen molar-refractivity contribution in [3.05, 3.63) is 70.6 Å². The number of anilines is 2. The average molecular weight is 718 g/mol. The molecule has 13 nitrogen and oxygen atoms in total. The zero-order chi connectivity index (χ0) is 36.3. The molecule has 1 amide bonds. The summed E-state index contributed by atoms with van der Waals surface area (Å²) in [7, 11) is 3.43. The van der Waals surface area contributed by atoms with Crippen LogP contribution in [0.1, 0.15) is 73.9 Å². The van der Waals surface area contributed by atoms with Crippen LogP contribution in [-0.4, -0.2) is 96.7 Å². The lowest BCUT2D eigenvalue weighted by molar-refractivity contribution is -0.135. The van der Waals surface area contributed by atoms with Crippen LogP contribution in [0, 0.1) is 0 Å². The molecule has 1 aliphatic carbocycles. The van der Waals surface area contributed by atoms with Gasteiger partial charge in [-0.1, -0.05) is 0 Å². The molecule has 0 spiro atoms.